The first-order valence-electron chi connectivity index (χ1n) is 8.88. The van der Waals surface area contributed by atoms with Gasteiger partial charge in [0, 0.05) is 30.4 Å². The Labute approximate surface area is 147 Å². The van der Waals surface area contributed by atoms with E-state index in [9.17, 15) is 15.2 Å². The molecule has 3 rings (SSSR count). The number of methoxy groups -OCH3 is 1. The molecule has 24 heavy (non-hydrogen) atoms. The van der Waals surface area contributed by atoms with Gasteiger partial charge in [0.2, 0.25) is 0 Å². The summed E-state index contributed by atoms with van der Waals surface area (Å²) in [5.74, 6) is -0.0662. The first-order chi connectivity index (χ1) is 11.5. The number of ether oxygens (including phenoxy) is 1. The molecule has 0 radical (unpaired) electrons. The number of nitrogens with zero attached hydrogens (tertiary/aromatic N) is 2. The molecule has 0 amide bonds. The molecular formula is C16H28N3O4S-. The van der Waals surface area contributed by atoms with Crippen molar-refractivity contribution in [3.63, 3.8) is 0 Å². The van der Waals surface area contributed by atoms with E-state index in [0.717, 1.165) is 6.42 Å². The van der Waals surface area contributed by atoms with Gasteiger partial charge >= 0.3 is 0 Å². The summed E-state index contributed by atoms with van der Waals surface area (Å²) in [6, 6.07) is -0.260. The Morgan fingerprint density at radius 2 is 2.12 bits per heavy atom. The maximum atomic E-state index is 12.8. The third-order valence-corrected chi connectivity index (χ3v) is 7.32. The van der Waals surface area contributed by atoms with Gasteiger partial charge in [0.1, 0.15) is 11.3 Å². The fourth-order valence-corrected chi connectivity index (χ4v) is 6.02. The zero-order chi connectivity index (χ0) is 17.3. The van der Waals surface area contributed by atoms with E-state index in [4.69, 9.17) is 10.5 Å². The molecule has 2 aliphatic carbocycles. The van der Waals surface area contributed by atoms with E-state index in [0.29, 0.717) is 37.1 Å². The van der Waals surface area contributed by atoms with Crippen LogP contribution in [-0.4, -0.2) is 63.7 Å². The van der Waals surface area contributed by atoms with Crippen molar-refractivity contribution in [1.29, 1.82) is 0 Å². The minimum atomic E-state index is -0.665. The summed E-state index contributed by atoms with van der Waals surface area (Å²) < 4.78 is 5.27. The van der Waals surface area contributed by atoms with Crippen molar-refractivity contribution in [3.05, 3.63) is 5.21 Å². The summed E-state index contributed by atoms with van der Waals surface area (Å²) in [7, 11) is 1.53. The predicted octanol–water partition coefficient (Wildman–Crippen LogP) is 1.53. The Kier molecular flexibility index (Phi) is 6.18. The van der Waals surface area contributed by atoms with Crippen molar-refractivity contribution in [2.45, 2.75) is 73.9 Å². The van der Waals surface area contributed by atoms with E-state index >= 15 is 0 Å². The van der Waals surface area contributed by atoms with Gasteiger partial charge in [-0.05, 0) is 32.1 Å². The molecule has 7 nitrogen and oxygen atoms in total. The van der Waals surface area contributed by atoms with Crippen LogP contribution in [0.2, 0.25) is 0 Å². The van der Waals surface area contributed by atoms with Gasteiger partial charge in [-0.3, -0.25) is 14.9 Å². The molecule has 0 aromatic carbocycles. The standard InChI is InChI=1S/C16H28N3O4S/c1-23-14-7-6-10(8-12(14)19(21)22)13(20)9-18-11-4-2-3-5-15(11)24-16(18)17/h10-12,14-16,21H,2-9,17H2,1H3/q-1. The van der Waals surface area contributed by atoms with Gasteiger partial charge in [-0.2, -0.15) is 0 Å². The van der Waals surface area contributed by atoms with E-state index in [1.165, 1.54) is 26.4 Å². The Hall–Kier alpha value is -0.220. The van der Waals surface area contributed by atoms with E-state index in [1.807, 2.05) is 0 Å². The molecule has 8 heteroatoms. The van der Waals surface area contributed by atoms with Crippen LogP contribution in [0.25, 0.3) is 0 Å². The van der Waals surface area contributed by atoms with E-state index < -0.39 is 6.04 Å². The zero-order valence-electron chi connectivity index (χ0n) is 14.2. The van der Waals surface area contributed by atoms with Crippen molar-refractivity contribution in [1.82, 2.24) is 10.1 Å². The molecule has 6 atom stereocenters. The number of thioether (sulfide) groups is 1. The molecule has 3 fully saturated rings. The zero-order valence-corrected chi connectivity index (χ0v) is 15.0. The second kappa shape index (κ2) is 7.99. The average Bonchev–Trinajstić information content (AvgIpc) is 2.90. The summed E-state index contributed by atoms with van der Waals surface area (Å²) >= 11 is 1.79. The van der Waals surface area contributed by atoms with Crippen LogP contribution >= 0.6 is 11.8 Å². The van der Waals surface area contributed by atoms with Crippen molar-refractivity contribution >= 4 is 17.5 Å². The fraction of sp³-hybridized carbons (Fsp3) is 0.938. The molecule has 1 heterocycles. The van der Waals surface area contributed by atoms with Crippen molar-refractivity contribution in [2.75, 3.05) is 13.7 Å². The van der Waals surface area contributed by atoms with Gasteiger partial charge < -0.3 is 20.9 Å². The quantitative estimate of drug-likeness (QED) is 0.714. The predicted molar refractivity (Wildman–Crippen MR) is 92.2 cm³/mol. The Morgan fingerprint density at radius 1 is 1.38 bits per heavy atom. The second-order valence-corrected chi connectivity index (χ2v) is 8.57. The summed E-state index contributed by atoms with van der Waals surface area (Å²) in [6.45, 7) is 0.356. The number of nitrogens with two attached hydrogens (primary N) is 1. The smallest absolute Gasteiger partial charge is 0.150 e. The molecular weight excluding hydrogens is 330 g/mol. The van der Waals surface area contributed by atoms with Crippen molar-refractivity contribution < 1.29 is 14.7 Å². The summed E-state index contributed by atoms with van der Waals surface area (Å²) in [4.78, 5) is 14.9. The highest BCUT2D eigenvalue weighted by atomic mass is 32.2. The maximum Gasteiger partial charge on any atom is 0.150 e. The van der Waals surface area contributed by atoms with Crippen LogP contribution in [0.3, 0.4) is 0 Å². The first kappa shape index (κ1) is 18.6. The number of hydrogen-bond donors (Lipinski definition) is 2. The molecule has 138 valence electrons. The number of rotatable bonds is 5. The van der Waals surface area contributed by atoms with Crippen molar-refractivity contribution in [2.24, 2.45) is 11.7 Å². The SMILES string of the molecule is COC1CCC(C(=O)CN2C(N)SC3CCCCC32)CC1N([O-])O. The molecule has 0 aromatic rings. The molecule has 0 aromatic heterocycles. The van der Waals surface area contributed by atoms with Gasteiger partial charge in [0.25, 0.3) is 0 Å². The van der Waals surface area contributed by atoms with E-state index in [2.05, 4.69) is 4.90 Å². The number of ketones is 1. The first-order valence-corrected chi connectivity index (χ1v) is 9.83. The minimum absolute atomic E-state index is 0.0395. The highest BCUT2D eigenvalue weighted by Crippen LogP contribution is 2.41. The Balaban J connectivity index is 1.60. The van der Waals surface area contributed by atoms with Crippen LogP contribution in [-0.2, 0) is 9.53 Å². The Morgan fingerprint density at radius 3 is 2.83 bits per heavy atom. The molecule has 6 unspecified atom stereocenters. The number of carbonyl (C=O) groups excluding carboxylic acids is 1. The molecule has 0 spiro atoms. The summed E-state index contributed by atoms with van der Waals surface area (Å²) in [5.41, 5.74) is 6.14. The lowest BCUT2D eigenvalue weighted by molar-refractivity contribution is -0.148. The molecule has 2 saturated carbocycles. The van der Waals surface area contributed by atoms with Gasteiger partial charge in [0.05, 0.1) is 12.6 Å². The molecule has 3 aliphatic rings. The van der Waals surface area contributed by atoms with Crippen LogP contribution in [0.4, 0.5) is 0 Å². The number of fused-ring (bicyclic) bond motifs is 1. The third kappa shape index (κ3) is 3.80. The monoisotopic (exact) mass is 358 g/mol. The molecule has 3 N–H and O–H groups in total. The lowest BCUT2D eigenvalue weighted by atomic mass is 9.81. The van der Waals surface area contributed by atoms with Crippen LogP contribution < -0.4 is 5.73 Å². The molecule has 0 bridgehead atoms. The highest BCUT2D eigenvalue weighted by Gasteiger charge is 2.43. The van der Waals surface area contributed by atoms with E-state index in [-0.39, 0.29) is 28.5 Å². The second-order valence-electron chi connectivity index (χ2n) is 7.21. The van der Waals surface area contributed by atoms with Crippen LogP contribution in [0, 0.1) is 11.1 Å². The number of hydroxylamine groups is 2. The third-order valence-electron chi connectivity index (χ3n) is 5.87. The van der Waals surface area contributed by atoms with Crippen LogP contribution in [0.5, 0.6) is 0 Å². The maximum absolute atomic E-state index is 12.8. The van der Waals surface area contributed by atoms with E-state index in [1.54, 1.807) is 11.8 Å². The van der Waals surface area contributed by atoms with Gasteiger partial charge in [0.15, 0.2) is 0 Å². The minimum Gasteiger partial charge on any atom is -0.762 e. The summed E-state index contributed by atoms with van der Waals surface area (Å²) in [6.07, 6.45) is 6.10. The normalized spacial score (nSPS) is 40.7. The largest absolute Gasteiger partial charge is 0.762 e. The van der Waals surface area contributed by atoms with Crippen LogP contribution in [0.1, 0.15) is 44.9 Å². The lowest BCUT2D eigenvalue weighted by Crippen LogP contribution is -2.50. The van der Waals surface area contributed by atoms with Gasteiger partial charge in [-0.25, -0.2) is 0 Å². The average molecular weight is 358 g/mol. The number of Topliss-reactive ketones (excluding diaryl/α,β-unsaturated/α-hetero) is 1. The fourth-order valence-electron chi connectivity index (χ4n) is 4.50. The van der Waals surface area contributed by atoms with Gasteiger partial charge in [-0.15, -0.1) is 11.8 Å². The molecule has 1 aliphatic heterocycles. The Bertz CT molecular complexity index is 453. The highest BCUT2D eigenvalue weighted by molar-refractivity contribution is 8.00. The molecule has 1 saturated heterocycles. The number of hydrogen-bond acceptors (Lipinski definition) is 8. The topological polar surface area (TPSA) is 102 Å². The van der Waals surface area contributed by atoms with Gasteiger partial charge in [-0.1, -0.05) is 12.8 Å². The summed E-state index contributed by atoms with van der Waals surface area (Å²) in [5, 5.41) is 21.2. The van der Waals surface area contributed by atoms with Crippen LogP contribution in [0.15, 0.2) is 0 Å². The number of carbonyl (C=O) groups is 1. The lowest BCUT2D eigenvalue weighted by Gasteiger charge is -2.42. The van der Waals surface area contributed by atoms with Crippen molar-refractivity contribution in [3.8, 4) is 0 Å².